The second kappa shape index (κ2) is 7.54. The fourth-order valence-corrected chi connectivity index (χ4v) is 2.16. The number of hydrogen-bond donors (Lipinski definition) is 1. The maximum absolute atomic E-state index is 13.3. The summed E-state index contributed by atoms with van der Waals surface area (Å²) in [4.78, 5) is 7.02. The molecule has 9 heteroatoms. The molecule has 136 valence electrons. The Kier molecular flexibility index (Phi) is 5.66. The average molecular weight is 359 g/mol. The zero-order valence-corrected chi connectivity index (χ0v) is 13.8. The summed E-state index contributed by atoms with van der Waals surface area (Å²) < 4.78 is 63.0. The summed E-state index contributed by atoms with van der Waals surface area (Å²) in [5.41, 5.74) is -1.37. The highest BCUT2D eigenvalue weighted by molar-refractivity contribution is 5.44. The Labute approximate surface area is 142 Å². The highest BCUT2D eigenvalue weighted by atomic mass is 19.3. The molecule has 0 saturated heterocycles. The van der Waals surface area contributed by atoms with Gasteiger partial charge in [0.1, 0.15) is 28.7 Å². The van der Waals surface area contributed by atoms with Gasteiger partial charge in [-0.3, -0.25) is 0 Å². The average Bonchev–Trinajstić information content (AvgIpc) is 2.58. The molecule has 5 nitrogen and oxygen atoms in total. The summed E-state index contributed by atoms with van der Waals surface area (Å²) in [5.74, 6) is -2.43. The van der Waals surface area contributed by atoms with Crippen LogP contribution >= 0.6 is 0 Å². The topological polar surface area (TPSA) is 56.3 Å². The first kappa shape index (κ1) is 18.8. The fraction of sp³-hybridized carbons (Fsp3) is 0.375. The van der Waals surface area contributed by atoms with E-state index in [2.05, 4.69) is 15.3 Å². The highest BCUT2D eigenvalue weighted by Crippen LogP contribution is 2.33. The van der Waals surface area contributed by atoms with Gasteiger partial charge in [0.05, 0.1) is 20.4 Å². The smallest absolute Gasteiger partial charge is 0.288 e. The fourth-order valence-electron chi connectivity index (χ4n) is 2.16. The Hall–Kier alpha value is -2.58. The van der Waals surface area contributed by atoms with Gasteiger partial charge in [0.15, 0.2) is 0 Å². The van der Waals surface area contributed by atoms with Crippen LogP contribution in [-0.2, 0) is 12.5 Å². The van der Waals surface area contributed by atoms with E-state index >= 15 is 0 Å². The van der Waals surface area contributed by atoms with E-state index in [0.29, 0.717) is 24.0 Å². The predicted octanol–water partition coefficient (Wildman–Crippen LogP) is 4.16. The molecule has 1 N–H and O–H groups in total. The second-order valence-corrected chi connectivity index (χ2v) is 5.21. The molecule has 25 heavy (non-hydrogen) atoms. The van der Waals surface area contributed by atoms with E-state index in [1.807, 2.05) is 0 Å². The van der Waals surface area contributed by atoms with Crippen LogP contribution in [0.25, 0.3) is 0 Å². The minimum atomic E-state index is -3.50. The SMILES string of the molecule is COc1ccc(CNc2cnc(C(C)(F)F)c(C(F)F)n2)c(OC)c1. The molecule has 1 aromatic heterocycles. The van der Waals surface area contributed by atoms with Crippen LogP contribution in [0.5, 0.6) is 11.5 Å². The maximum atomic E-state index is 13.3. The first-order chi connectivity index (χ1) is 11.8. The normalized spacial score (nSPS) is 11.5. The van der Waals surface area contributed by atoms with Crippen molar-refractivity contribution in [2.45, 2.75) is 25.8 Å². The molecular weight excluding hydrogens is 342 g/mol. The zero-order valence-electron chi connectivity index (χ0n) is 13.8. The maximum Gasteiger partial charge on any atom is 0.288 e. The third kappa shape index (κ3) is 4.49. The number of nitrogens with one attached hydrogen (secondary N) is 1. The quantitative estimate of drug-likeness (QED) is 0.753. The minimum Gasteiger partial charge on any atom is -0.497 e. The number of anilines is 1. The van der Waals surface area contributed by atoms with Gasteiger partial charge in [-0.05, 0) is 12.1 Å². The van der Waals surface area contributed by atoms with Crippen molar-refractivity contribution in [2.24, 2.45) is 0 Å². The number of benzene rings is 1. The summed E-state index contributed by atoms with van der Waals surface area (Å²) in [7, 11) is 2.99. The molecule has 0 aliphatic heterocycles. The molecule has 2 rings (SSSR count). The minimum absolute atomic E-state index is 0.0406. The van der Waals surface area contributed by atoms with Gasteiger partial charge in [-0.15, -0.1) is 0 Å². The lowest BCUT2D eigenvalue weighted by atomic mass is 10.2. The van der Waals surface area contributed by atoms with Gasteiger partial charge < -0.3 is 14.8 Å². The highest BCUT2D eigenvalue weighted by Gasteiger charge is 2.33. The van der Waals surface area contributed by atoms with Gasteiger partial charge in [-0.25, -0.2) is 18.7 Å². The van der Waals surface area contributed by atoms with Crippen LogP contribution in [0, 0.1) is 0 Å². The van der Waals surface area contributed by atoms with E-state index in [1.54, 1.807) is 18.2 Å². The molecule has 0 spiro atoms. The molecule has 0 aliphatic rings. The Morgan fingerprint density at radius 3 is 2.48 bits per heavy atom. The largest absolute Gasteiger partial charge is 0.497 e. The number of aromatic nitrogens is 2. The summed E-state index contributed by atoms with van der Waals surface area (Å²) >= 11 is 0. The molecule has 0 atom stereocenters. The molecule has 0 radical (unpaired) electrons. The predicted molar refractivity (Wildman–Crippen MR) is 83.4 cm³/mol. The molecular formula is C16H17F4N3O2. The van der Waals surface area contributed by atoms with Crippen LogP contribution in [0.3, 0.4) is 0 Å². The molecule has 1 aromatic carbocycles. The van der Waals surface area contributed by atoms with Gasteiger partial charge >= 0.3 is 0 Å². The molecule has 0 aliphatic carbocycles. The first-order valence-electron chi connectivity index (χ1n) is 7.24. The van der Waals surface area contributed by atoms with E-state index < -0.39 is 23.7 Å². The van der Waals surface area contributed by atoms with Crippen molar-refractivity contribution in [2.75, 3.05) is 19.5 Å². The van der Waals surface area contributed by atoms with Crippen LogP contribution in [0.1, 0.15) is 30.3 Å². The lowest BCUT2D eigenvalue weighted by Gasteiger charge is -2.15. The van der Waals surface area contributed by atoms with Gasteiger partial charge in [0.25, 0.3) is 12.3 Å². The zero-order chi connectivity index (χ0) is 18.6. The van der Waals surface area contributed by atoms with Crippen molar-refractivity contribution >= 4 is 5.82 Å². The van der Waals surface area contributed by atoms with Gasteiger partial charge in [0.2, 0.25) is 0 Å². The number of rotatable bonds is 7. The van der Waals surface area contributed by atoms with Crippen LogP contribution in [0.15, 0.2) is 24.4 Å². The standard InChI is InChI=1S/C16H17F4N3O2/c1-16(19,20)14-13(15(17)18)23-12(8-22-14)21-7-9-4-5-10(24-2)6-11(9)25-3/h4-6,8,15H,7H2,1-3H3,(H,21,23). The van der Waals surface area contributed by atoms with Crippen molar-refractivity contribution in [1.82, 2.24) is 9.97 Å². The van der Waals surface area contributed by atoms with Gasteiger partial charge in [-0.1, -0.05) is 0 Å². The second-order valence-electron chi connectivity index (χ2n) is 5.21. The number of ether oxygens (including phenoxy) is 2. The van der Waals surface area contributed by atoms with Crippen molar-refractivity contribution in [3.63, 3.8) is 0 Å². The Morgan fingerprint density at radius 1 is 1.20 bits per heavy atom. The van der Waals surface area contributed by atoms with Crippen LogP contribution in [0.4, 0.5) is 23.4 Å². The Balaban J connectivity index is 2.23. The molecule has 2 aromatic rings. The van der Waals surface area contributed by atoms with Crippen LogP contribution in [0.2, 0.25) is 0 Å². The van der Waals surface area contributed by atoms with Crippen molar-refractivity contribution in [3.05, 3.63) is 41.3 Å². The van der Waals surface area contributed by atoms with Gasteiger partial charge in [-0.2, -0.15) is 8.78 Å². The van der Waals surface area contributed by atoms with E-state index in [-0.39, 0.29) is 12.4 Å². The molecule has 1 heterocycles. The molecule has 0 bridgehead atoms. The van der Waals surface area contributed by atoms with Crippen molar-refractivity contribution in [1.29, 1.82) is 0 Å². The number of halogens is 4. The molecule has 0 unspecified atom stereocenters. The first-order valence-corrected chi connectivity index (χ1v) is 7.24. The number of hydrogen-bond acceptors (Lipinski definition) is 5. The third-order valence-corrected chi connectivity index (χ3v) is 3.38. The third-order valence-electron chi connectivity index (χ3n) is 3.38. The molecule has 0 saturated carbocycles. The Bertz CT molecular complexity index is 736. The molecule has 0 amide bonds. The van der Waals surface area contributed by atoms with E-state index in [1.165, 1.54) is 14.2 Å². The van der Waals surface area contributed by atoms with E-state index in [4.69, 9.17) is 9.47 Å². The lowest BCUT2D eigenvalue weighted by molar-refractivity contribution is 0.00649. The van der Waals surface area contributed by atoms with Crippen LogP contribution in [-0.4, -0.2) is 24.2 Å². The van der Waals surface area contributed by atoms with Crippen molar-refractivity contribution in [3.8, 4) is 11.5 Å². The lowest BCUT2D eigenvalue weighted by Crippen LogP contribution is -2.16. The Morgan fingerprint density at radius 2 is 1.92 bits per heavy atom. The molecule has 0 fully saturated rings. The number of alkyl halides is 4. The van der Waals surface area contributed by atoms with Crippen molar-refractivity contribution < 1.29 is 27.0 Å². The van der Waals surface area contributed by atoms with Gasteiger partial charge in [0, 0.05) is 25.1 Å². The summed E-state index contributed by atoms with van der Waals surface area (Å²) in [6, 6.07) is 5.09. The van der Waals surface area contributed by atoms with E-state index in [0.717, 1.165) is 6.20 Å². The van der Waals surface area contributed by atoms with Crippen LogP contribution < -0.4 is 14.8 Å². The van der Waals surface area contributed by atoms with E-state index in [9.17, 15) is 17.6 Å². The summed E-state index contributed by atoms with van der Waals surface area (Å²) in [6.07, 6.45) is -2.17. The monoisotopic (exact) mass is 359 g/mol. The number of nitrogens with zero attached hydrogens (tertiary/aromatic N) is 2. The summed E-state index contributed by atoms with van der Waals surface area (Å²) in [6.45, 7) is 0.671. The number of methoxy groups -OCH3 is 2. The summed E-state index contributed by atoms with van der Waals surface area (Å²) in [5, 5.41) is 2.77.